The monoisotopic (exact) mass is 172 g/mol. The minimum absolute atomic E-state index is 0.185. The molecule has 1 fully saturated rings. The summed E-state index contributed by atoms with van der Waals surface area (Å²) in [6, 6.07) is 0. The summed E-state index contributed by atoms with van der Waals surface area (Å²) in [5, 5.41) is 0. The van der Waals surface area contributed by atoms with Gasteiger partial charge in [-0.15, -0.1) is 0 Å². The molecule has 0 aromatic heterocycles. The first-order valence-electron chi connectivity index (χ1n) is 4.10. The van der Waals surface area contributed by atoms with Gasteiger partial charge in [-0.3, -0.25) is 9.59 Å². The Morgan fingerprint density at radius 2 is 1.25 bits per heavy atom. The van der Waals surface area contributed by atoms with E-state index in [1.807, 2.05) is 0 Å². The Bertz CT molecular complexity index is 140. The van der Waals surface area contributed by atoms with E-state index in [0.29, 0.717) is 25.7 Å². The highest BCUT2D eigenvalue weighted by molar-refractivity contribution is 5.71. The predicted octanol–water partition coefficient (Wildman–Crippen LogP) is 0.647. The lowest BCUT2D eigenvalue weighted by molar-refractivity contribution is -0.153. The van der Waals surface area contributed by atoms with Crippen LogP contribution in [-0.2, 0) is 19.1 Å². The molecular formula is C8H12O4. The van der Waals surface area contributed by atoms with E-state index in [9.17, 15) is 9.59 Å². The van der Waals surface area contributed by atoms with Crippen molar-refractivity contribution in [3.05, 3.63) is 0 Å². The van der Waals surface area contributed by atoms with Gasteiger partial charge in [-0.1, -0.05) is 0 Å². The van der Waals surface area contributed by atoms with Crippen LogP contribution >= 0.6 is 0 Å². The minimum atomic E-state index is -0.201. The van der Waals surface area contributed by atoms with E-state index in [2.05, 4.69) is 0 Å². The maximum absolute atomic E-state index is 10.8. The number of esters is 2. The molecule has 0 aromatic carbocycles. The van der Waals surface area contributed by atoms with Crippen LogP contribution in [0.1, 0.15) is 25.7 Å². The number of ether oxygens (including phenoxy) is 2. The van der Waals surface area contributed by atoms with E-state index < -0.39 is 0 Å². The number of hydrogen-bond donors (Lipinski definition) is 0. The Hall–Kier alpha value is -1.06. The molecule has 4 heteroatoms. The third-order valence-electron chi connectivity index (χ3n) is 1.62. The van der Waals surface area contributed by atoms with Gasteiger partial charge in [0.25, 0.3) is 0 Å². The molecule has 1 saturated heterocycles. The molecule has 68 valence electrons. The van der Waals surface area contributed by atoms with Gasteiger partial charge in [0.2, 0.25) is 0 Å². The highest BCUT2D eigenvalue weighted by Gasteiger charge is 2.08. The molecule has 1 aliphatic heterocycles. The average molecular weight is 172 g/mol. The van der Waals surface area contributed by atoms with Gasteiger partial charge in [0, 0.05) is 12.8 Å². The van der Waals surface area contributed by atoms with Crippen molar-refractivity contribution in [3.8, 4) is 0 Å². The average Bonchev–Trinajstić information content (AvgIpc) is 2.06. The molecule has 0 radical (unpaired) electrons. The summed E-state index contributed by atoms with van der Waals surface area (Å²) >= 11 is 0. The number of hydrogen-bond acceptors (Lipinski definition) is 4. The van der Waals surface area contributed by atoms with Crippen molar-refractivity contribution >= 4 is 11.9 Å². The summed E-state index contributed by atoms with van der Waals surface area (Å²) in [5.74, 6) is -0.402. The van der Waals surface area contributed by atoms with Crippen LogP contribution in [0.15, 0.2) is 0 Å². The number of carbonyl (C=O) groups excluding carboxylic acids is 2. The standard InChI is InChI=1S/C8H12O4/c9-7-3-1-2-4-8(10)12-6-5-11-7/h1-6H2. The Morgan fingerprint density at radius 1 is 0.833 bits per heavy atom. The highest BCUT2D eigenvalue weighted by Crippen LogP contribution is 2.04. The van der Waals surface area contributed by atoms with Crippen molar-refractivity contribution in [2.75, 3.05) is 13.2 Å². The van der Waals surface area contributed by atoms with Crippen LogP contribution in [0.2, 0.25) is 0 Å². The second-order valence-electron chi connectivity index (χ2n) is 2.65. The molecule has 0 spiro atoms. The zero-order valence-corrected chi connectivity index (χ0v) is 6.88. The number of rotatable bonds is 0. The fourth-order valence-electron chi connectivity index (χ4n) is 0.994. The lowest BCUT2D eigenvalue weighted by Crippen LogP contribution is -2.15. The van der Waals surface area contributed by atoms with Crippen molar-refractivity contribution in [2.24, 2.45) is 0 Å². The summed E-state index contributed by atoms with van der Waals surface area (Å²) in [6.45, 7) is 0.370. The Balaban J connectivity index is 2.29. The van der Waals surface area contributed by atoms with Gasteiger partial charge in [0.15, 0.2) is 0 Å². The Labute approximate surface area is 70.8 Å². The lowest BCUT2D eigenvalue weighted by atomic mass is 10.2. The second kappa shape index (κ2) is 4.74. The van der Waals surface area contributed by atoms with Crippen molar-refractivity contribution < 1.29 is 19.1 Å². The first-order valence-corrected chi connectivity index (χ1v) is 4.10. The fourth-order valence-corrected chi connectivity index (χ4v) is 0.994. The third kappa shape index (κ3) is 3.37. The van der Waals surface area contributed by atoms with Crippen molar-refractivity contribution in [2.45, 2.75) is 25.7 Å². The zero-order chi connectivity index (χ0) is 8.81. The molecule has 1 aliphatic rings. The fraction of sp³-hybridized carbons (Fsp3) is 0.750. The molecule has 12 heavy (non-hydrogen) atoms. The molecule has 0 aromatic rings. The van der Waals surface area contributed by atoms with Gasteiger partial charge >= 0.3 is 11.9 Å². The van der Waals surface area contributed by atoms with E-state index in [0.717, 1.165) is 0 Å². The smallest absolute Gasteiger partial charge is 0.305 e. The molecule has 4 nitrogen and oxygen atoms in total. The summed E-state index contributed by atoms with van der Waals surface area (Å²) in [7, 11) is 0. The molecule has 0 amide bonds. The Morgan fingerprint density at radius 3 is 1.67 bits per heavy atom. The zero-order valence-electron chi connectivity index (χ0n) is 6.88. The van der Waals surface area contributed by atoms with E-state index in [4.69, 9.17) is 9.47 Å². The molecule has 0 bridgehead atoms. The predicted molar refractivity (Wildman–Crippen MR) is 40.4 cm³/mol. The quantitative estimate of drug-likeness (QED) is 0.503. The molecule has 0 N–H and O–H groups in total. The van der Waals surface area contributed by atoms with Gasteiger partial charge < -0.3 is 9.47 Å². The molecular weight excluding hydrogens is 160 g/mol. The first-order chi connectivity index (χ1) is 5.79. The first kappa shape index (κ1) is 9.03. The van der Waals surface area contributed by atoms with Crippen molar-refractivity contribution in [1.82, 2.24) is 0 Å². The topological polar surface area (TPSA) is 52.6 Å². The molecule has 0 atom stereocenters. The molecule has 0 aliphatic carbocycles. The Kier molecular flexibility index (Phi) is 3.57. The maximum atomic E-state index is 10.8. The van der Waals surface area contributed by atoms with Gasteiger partial charge in [-0.25, -0.2) is 0 Å². The van der Waals surface area contributed by atoms with Crippen LogP contribution < -0.4 is 0 Å². The van der Waals surface area contributed by atoms with E-state index in [-0.39, 0.29) is 25.2 Å². The van der Waals surface area contributed by atoms with Crippen LogP contribution in [-0.4, -0.2) is 25.2 Å². The van der Waals surface area contributed by atoms with Crippen LogP contribution in [0.5, 0.6) is 0 Å². The van der Waals surface area contributed by atoms with Crippen molar-refractivity contribution in [3.63, 3.8) is 0 Å². The molecule has 1 rings (SSSR count). The minimum Gasteiger partial charge on any atom is -0.462 e. The highest BCUT2D eigenvalue weighted by atomic mass is 16.6. The van der Waals surface area contributed by atoms with Crippen LogP contribution in [0, 0.1) is 0 Å². The van der Waals surface area contributed by atoms with Gasteiger partial charge in [0.05, 0.1) is 0 Å². The molecule has 1 heterocycles. The third-order valence-corrected chi connectivity index (χ3v) is 1.62. The maximum Gasteiger partial charge on any atom is 0.305 e. The van der Waals surface area contributed by atoms with E-state index in [1.54, 1.807) is 0 Å². The SMILES string of the molecule is O=C1CCCCC(=O)OCCO1. The number of carbonyl (C=O) groups is 2. The van der Waals surface area contributed by atoms with Gasteiger partial charge in [-0.05, 0) is 12.8 Å². The van der Waals surface area contributed by atoms with Crippen LogP contribution in [0.4, 0.5) is 0 Å². The van der Waals surface area contributed by atoms with Crippen molar-refractivity contribution in [1.29, 1.82) is 0 Å². The summed E-state index contributed by atoms with van der Waals surface area (Å²) in [5.41, 5.74) is 0. The van der Waals surface area contributed by atoms with E-state index >= 15 is 0 Å². The lowest BCUT2D eigenvalue weighted by Gasteiger charge is -2.08. The van der Waals surface area contributed by atoms with Gasteiger partial charge in [-0.2, -0.15) is 0 Å². The summed E-state index contributed by atoms with van der Waals surface area (Å²) in [4.78, 5) is 21.6. The van der Waals surface area contributed by atoms with Crippen LogP contribution in [0.25, 0.3) is 0 Å². The summed E-state index contributed by atoms with van der Waals surface area (Å²) in [6.07, 6.45) is 2.22. The normalized spacial score (nSPS) is 21.0. The number of cyclic esters (lactones) is 2. The van der Waals surface area contributed by atoms with Gasteiger partial charge in [0.1, 0.15) is 13.2 Å². The second-order valence-corrected chi connectivity index (χ2v) is 2.65. The largest absolute Gasteiger partial charge is 0.462 e. The van der Waals surface area contributed by atoms with E-state index in [1.165, 1.54) is 0 Å². The molecule has 0 unspecified atom stereocenters. The summed E-state index contributed by atoms with van der Waals surface area (Å²) < 4.78 is 9.50. The van der Waals surface area contributed by atoms with Crippen LogP contribution in [0.3, 0.4) is 0 Å². The molecule has 0 saturated carbocycles.